The van der Waals surface area contributed by atoms with Crippen molar-refractivity contribution in [2.75, 3.05) is 57.3 Å². The molecule has 7 nitrogen and oxygen atoms in total. The molecule has 0 radical (unpaired) electrons. The summed E-state index contributed by atoms with van der Waals surface area (Å²) < 4.78 is 5.63. The Morgan fingerprint density at radius 1 is 1.24 bits per heavy atom. The lowest BCUT2D eigenvalue weighted by atomic mass is 9.94. The van der Waals surface area contributed by atoms with Gasteiger partial charge in [-0.15, -0.1) is 0 Å². The monoisotopic (exact) mass is 349 g/mol. The van der Waals surface area contributed by atoms with E-state index >= 15 is 0 Å². The summed E-state index contributed by atoms with van der Waals surface area (Å²) in [5, 5.41) is 21.6. The van der Waals surface area contributed by atoms with Crippen LogP contribution in [0.15, 0.2) is 6.07 Å². The first-order chi connectivity index (χ1) is 12.3. The number of aromatic amines is 1. The van der Waals surface area contributed by atoms with Crippen molar-refractivity contribution in [2.24, 2.45) is 0 Å². The fourth-order valence-electron chi connectivity index (χ4n) is 4.35. The maximum atomic E-state index is 10.4. The molecule has 3 aliphatic rings. The molecule has 25 heavy (non-hydrogen) atoms. The predicted octanol–water partition coefficient (Wildman–Crippen LogP) is 0.539. The van der Waals surface area contributed by atoms with E-state index in [1.165, 1.54) is 18.5 Å². The van der Waals surface area contributed by atoms with E-state index in [9.17, 15) is 5.11 Å². The van der Waals surface area contributed by atoms with Crippen LogP contribution < -0.4 is 10.2 Å². The zero-order valence-corrected chi connectivity index (χ0v) is 15.0. The average molecular weight is 349 g/mol. The Bertz CT molecular complexity index is 539. The third-order valence-electron chi connectivity index (χ3n) is 5.81. The first-order valence-corrected chi connectivity index (χ1v) is 9.82. The number of H-pyrrole nitrogens is 1. The molecule has 4 heterocycles. The predicted molar refractivity (Wildman–Crippen MR) is 97.1 cm³/mol. The van der Waals surface area contributed by atoms with Crippen LogP contribution in [0.2, 0.25) is 0 Å². The quantitative estimate of drug-likeness (QED) is 0.720. The van der Waals surface area contributed by atoms with E-state index < -0.39 is 0 Å². The molecule has 0 spiro atoms. The van der Waals surface area contributed by atoms with Crippen molar-refractivity contribution in [3.63, 3.8) is 0 Å². The Labute approximate surface area is 149 Å². The molecular weight excluding hydrogens is 318 g/mol. The number of piperidine rings is 1. The maximum absolute atomic E-state index is 10.4. The minimum atomic E-state index is -0.362. The van der Waals surface area contributed by atoms with Crippen LogP contribution in [0.3, 0.4) is 0 Å². The van der Waals surface area contributed by atoms with Crippen LogP contribution in [0.5, 0.6) is 0 Å². The zero-order valence-electron chi connectivity index (χ0n) is 15.0. The summed E-state index contributed by atoms with van der Waals surface area (Å²) in [5.74, 6) is 1.56. The standard InChI is InChI=1S/C18H31N5O2/c24-16(17-4-2-10-25-17)13-22-7-1-3-14(12-22)15-11-18(21-20-15)23-8-5-19-6-9-23/h11,14,16-17,19,24H,1-10,12-13H2,(H,20,21). The third kappa shape index (κ3) is 4.16. The molecule has 140 valence electrons. The van der Waals surface area contributed by atoms with E-state index in [1.807, 2.05) is 0 Å². The molecule has 0 amide bonds. The second-order valence-electron chi connectivity index (χ2n) is 7.64. The van der Waals surface area contributed by atoms with Crippen molar-refractivity contribution < 1.29 is 9.84 Å². The van der Waals surface area contributed by atoms with Crippen LogP contribution in [0.4, 0.5) is 5.82 Å². The number of aromatic nitrogens is 2. The minimum absolute atomic E-state index is 0.0341. The molecule has 3 aliphatic heterocycles. The van der Waals surface area contributed by atoms with Crippen LogP contribution >= 0.6 is 0 Å². The van der Waals surface area contributed by atoms with Crippen LogP contribution in [-0.4, -0.2) is 84.8 Å². The lowest BCUT2D eigenvalue weighted by Crippen LogP contribution is -2.43. The van der Waals surface area contributed by atoms with Crippen molar-refractivity contribution in [1.29, 1.82) is 0 Å². The highest BCUT2D eigenvalue weighted by molar-refractivity contribution is 5.40. The number of ether oxygens (including phenoxy) is 1. The number of piperazine rings is 1. The van der Waals surface area contributed by atoms with Gasteiger partial charge < -0.3 is 25.0 Å². The van der Waals surface area contributed by atoms with Crippen molar-refractivity contribution in [1.82, 2.24) is 20.4 Å². The first kappa shape index (κ1) is 17.3. The molecule has 3 unspecified atom stereocenters. The number of β-amino-alcohol motifs (C(OH)–C–C–N with tert-alkyl or cyclic N) is 1. The number of anilines is 1. The molecule has 1 aromatic heterocycles. The molecule has 3 fully saturated rings. The van der Waals surface area contributed by atoms with Gasteiger partial charge in [-0.05, 0) is 32.2 Å². The van der Waals surface area contributed by atoms with Crippen LogP contribution in [0.1, 0.15) is 37.3 Å². The van der Waals surface area contributed by atoms with Gasteiger partial charge in [-0.2, -0.15) is 5.10 Å². The summed E-state index contributed by atoms with van der Waals surface area (Å²) in [6.07, 6.45) is 4.10. The molecule has 0 bridgehead atoms. The summed E-state index contributed by atoms with van der Waals surface area (Å²) in [4.78, 5) is 4.74. The van der Waals surface area contributed by atoms with E-state index in [0.717, 1.165) is 71.1 Å². The van der Waals surface area contributed by atoms with Gasteiger partial charge in [-0.3, -0.25) is 5.10 Å². The number of nitrogens with zero attached hydrogens (tertiary/aromatic N) is 3. The van der Waals surface area contributed by atoms with Crippen molar-refractivity contribution >= 4 is 5.82 Å². The van der Waals surface area contributed by atoms with Gasteiger partial charge in [0.25, 0.3) is 0 Å². The highest BCUT2D eigenvalue weighted by atomic mass is 16.5. The number of nitrogens with one attached hydrogen (secondary N) is 2. The SMILES string of the molecule is OC(CN1CCCC(c2cc(N3CCNCC3)n[nH]2)C1)C1CCCO1. The summed E-state index contributed by atoms with van der Waals surface area (Å²) in [7, 11) is 0. The third-order valence-corrected chi connectivity index (χ3v) is 5.81. The molecule has 3 N–H and O–H groups in total. The Morgan fingerprint density at radius 2 is 2.12 bits per heavy atom. The number of hydrogen-bond donors (Lipinski definition) is 3. The minimum Gasteiger partial charge on any atom is -0.389 e. The second-order valence-corrected chi connectivity index (χ2v) is 7.64. The van der Waals surface area contributed by atoms with E-state index in [4.69, 9.17) is 4.74 Å². The lowest BCUT2D eigenvalue weighted by molar-refractivity contribution is -0.0219. The summed E-state index contributed by atoms with van der Waals surface area (Å²) in [6.45, 7) is 7.68. The average Bonchev–Trinajstić information content (AvgIpc) is 3.35. The van der Waals surface area contributed by atoms with Gasteiger partial charge in [0.05, 0.1) is 12.2 Å². The highest BCUT2D eigenvalue weighted by Gasteiger charge is 2.29. The smallest absolute Gasteiger partial charge is 0.150 e. The van der Waals surface area contributed by atoms with Crippen molar-refractivity contribution in [3.05, 3.63) is 11.8 Å². The van der Waals surface area contributed by atoms with Gasteiger partial charge in [0.1, 0.15) is 0 Å². The Balaban J connectivity index is 1.33. The molecular formula is C18H31N5O2. The van der Waals surface area contributed by atoms with Crippen LogP contribution in [0.25, 0.3) is 0 Å². The fourth-order valence-corrected chi connectivity index (χ4v) is 4.35. The number of aliphatic hydroxyl groups is 1. The molecule has 7 heteroatoms. The van der Waals surface area contributed by atoms with Crippen LogP contribution in [0, 0.1) is 0 Å². The summed E-state index contributed by atoms with van der Waals surface area (Å²) in [6, 6.07) is 2.23. The van der Waals surface area contributed by atoms with E-state index in [1.54, 1.807) is 0 Å². The Kier molecular flexibility index (Phi) is 5.55. The Morgan fingerprint density at radius 3 is 2.92 bits per heavy atom. The largest absolute Gasteiger partial charge is 0.389 e. The molecule has 0 aliphatic carbocycles. The highest BCUT2D eigenvalue weighted by Crippen LogP contribution is 2.28. The van der Waals surface area contributed by atoms with Gasteiger partial charge in [-0.1, -0.05) is 0 Å². The Hall–Kier alpha value is -1.15. The van der Waals surface area contributed by atoms with Gasteiger partial charge >= 0.3 is 0 Å². The number of aliphatic hydroxyl groups excluding tert-OH is 1. The molecule has 4 rings (SSSR count). The molecule has 0 aromatic carbocycles. The normalized spacial score (nSPS) is 29.9. The van der Waals surface area contributed by atoms with Gasteiger partial charge in [0.15, 0.2) is 5.82 Å². The van der Waals surface area contributed by atoms with Crippen molar-refractivity contribution in [3.8, 4) is 0 Å². The molecule has 0 saturated carbocycles. The van der Waals surface area contributed by atoms with E-state index in [-0.39, 0.29) is 12.2 Å². The zero-order chi connectivity index (χ0) is 17.1. The van der Waals surface area contributed by atoms with Gasteiger partial charge in [0, 0.05) is 63.6 Å². The molecule has 1 aromatic rings. The number of rotatable bonds is 5. The summed E-state index contributed by atoms with van der Waals surface area (Å²) in [5.41, 5.74) is 1.24. The van der Waals surface area contributed by atoms with E-state index in [2.05, 4.69) is 31.4 Å². The maximum Gasteiger partial charge on any atom is 0.150 e. The first-order valence-electron chi connectivity index (χ1n) is 9.82. The van der Waals surface area contributed by atoms with Crippen molar-refractivity contribution in [2.45, 2.75) is 43.8 Å². The second kappa shape index (κ2) is 8.03. The lowest BCUT2D eigenvalue weighted by Gasteiger charge is -2.34. The molecule has 3 atom stereocenters. The van der Waals surface area contributed by atoms with Gasteiger partial charge in [0.2, 0.25) is 0 Å². The number of likely N-dealkylation sites (tertiary alicyclic amines) is 1. The topological polar surface area (TPSA) is 76.7 Å². The fraction of sp³-hybridized carbons (Fsp3) is 0.833. The summed E-state index contributed by atoms with van der Waals surface area (Å²) >= 11 is 0. The van der Waals surface area contributed by atoms with Gasteiger partial charge in [-0.25, -0.2) is 0 Å². The number of hydrogen-bond acceptors (Lipinski definition) is 6. The van der Waals surface area contributed by atoms with E-state index in [0.29, 0.717) is 5.92 Å². The molecule has 3 saturated heterocycles. The van der Waals surface area contributed by atoms with Crippen LogP contribution in [-0.2, 0) is 4.74 Å².